The molecule has 6 nitrogen and oxygen atoms in total. The highest BCUT2D eigenvalue weighted by molar-refractivity contribution is 7.18. The van der Waals surface area contributed by atoms with Crippen LogP contribution in [-0.2, 0) is 4.74 Å². The maximum atomic E-state index is 11.3. The number of nitrogens with one attached hydrogen (secondary N) is 1. The molecule has 1 fully saturated rings. The number of aromatic nitrogens is 1. The highest BCUT2D eigenvalue weighted by Crippen LogP contribution is 2.34. The van der Waals surface area contributed by atoms with Crippen molar-refractivity contribution in [3.8, 4) is 0 Å². The molecule has 0 amide bonds. The zero-order valence-electron chi connectivity index (χ0n) is 12.0. The molecular formula is C14H17N3O3S. The van der Waals surface area contributed by atoms with Crippen LogP contribution in [0.2, 0.25) is 0 Å². The Bertz CT molecular complexity index is 692. The minimum atomic E-state index is -0.353. The lowest BCUT2D eigenvalue weighted by Gasteiger charge is -2.23. The zero-order valence-corrected chi connectivity index (χ0v) is 12.8. The average molecular weight is 307 g/mol. The molecule has 112 valence electrons. The lowest BCUT2D eigenvalue weighted by Crippen LogP contribution is -2.32. The third kappa shape index (κ3) is 2.84. The molecular weight excluding hydrogens is 290 g/mol. The first kappa shape index (κ1) is 14.2. The number of hydrogen-bond acceptors (Lipinski definition) is 6. The van der Waals surface area contributed by atoms with E-state index in [1.807, 2.05) is 13.8 Å². The van der Waals surface area contributed by atoms with Crippen LogP contribution in [0.3, 0.4) is 0 Å². The van der Waals surface area contributed by atoms with E-state index in [9.17, 15) is 10.1 Å². The summed E-state index contributed by atoms with van der Waals surface area (Å²) >= 11 is 1.47. The zero-order chi connectivity index (χ0) is 15.0. The molecule has 1 unspecified atom stereocenters. The second-order valence-corrected chi connectivity index (χ2v) is 6.82. The van der Waals surface area contributed by atoms with Crippen molar-refractivity contribution in [2.24, 2.45) is 0 Å². The molecule has 0 saturated carbocycles. The number of hydrogen-bond donors (Lipinski definition) is 1. The quantitative estimate of drug-likeness (QED) is 0.691. The van der Waals surface area contributed by atoms with Crippen LogP contribution in [0.5, 0.6) is 0 Å². The van der Waals surface area contributed by atoms with E-state index in [2.05, 4.69) is 10.3 Å². The monoisotopic (exact) mass is 307 g/mol. The summed E-state index contributed by atoms with van der Waals surface area (Å²) in [5.74, 6) is 0. The van der Waals surface area contributed by atoms with Gasteiger partial charge in [0.15, 0.2) is 0 Å². The molecule has 0 aliphatic carbocycles. The lowest BCUT2D eigenvalue weighted by molar-refractivity contribution is -0.383. The van der Waals surface area contributed by atoms with Crippen LogP contribution < -0.4 is 5.32 Å². The van der Waals surface area contributed by atoms with Gasteiger partial charge < -0.3 is 10.1 Å². The molecule has 3 rings (SSSR count). The summed E-state index contributed by atoms with van der Waals surface area (Å²) in [5.41, 5.74) is 1.14. The van der Waals surface area contributed by atoms with Gasteiger partial charge in [-0.2, -0.15) is 0 Å². The molecule has 1 saturated heterocycles. The maximum Gasteiger partial charge on any atom is 0.293 e. The van der Waals surface area contributed by atoms with Crippen molar-refractivity contribution in [2.45, 2.75) is 32.3 Å². The lowest BCUT2D eigenvalue weighted by atomic mass is 10.0. The molecule has 21 heavy (non-hydrogen) atoms. The van der Waals surface area contributed by atoms with Gasteiger partial charge in [-0.1, -0.05) is 0 Å². The van der Waals surface area contributed by atoms with Crippen molar-refractivity contribution in [1.82, 2.24) is 4.98 Å². The van der Waals surface area contributed by atoms with E-state index in [1.165, 1.54) is 11.3 Å². The van der Waals surface area contributed by atoms with Crippen LogP contribution >= 0.6 is 11.3 Å². The molecule has 1 aliphatic rings. The molecule has 1 aromatic carbocycles. The van der Waals surface area contributed by atoms with Crippen LogP contribution in [0.4, 0.5) is 11.4 Å². The van der Waals surface area contributed by atoms with Gasteiger partial charge in [0.2, 0.25) is 0 Å². The smallest absolute Gasteiger partial charge is 0.293 e. The summed E-state index contributed by atoms with van der Waals surface area (Å²) in [4.78, 5) is 15.3. The summed E-state index contributed by atoms with van der Waals surface area (Å²) in [7, 11) is 0. The first-order valence-corrected chi connectivity index (χ1v) is 7.72. The molecule has 2 heterocycles. The fourth-order valence-corrected chi connectivity index (χ4v) is 3.47. The van der Waals surface area contributed by atoms with Gasteiger partial charge in [-0.25, -0.2) is 4.98 Å². The van der Waals surface area contributed by atoms with Crippen LogP contribution in [0.15, 0.2) is 12.1 Å². The Labute approximate surface area is 126 Å². The standard InChI is InChI=1S/C14H17N3O3S/c1-9-16-11-6-10(12(17(18)19)7-13(11)21-9)15-8-14(2)4-3-5-20-14/h6-7,15H,3-5,8H2,1-2H3. The summed E-state index contributed by atoms with van der Waals surface area (Å²) in [6.45, 7) is 5.24. The van der Waals surface area contributed by atoms with Gasteiger partial charge in [-0.15, -0.1) is 11.3 Å². The van der Waals surface area contributed by atoms with Gasteiger partial charge in [-0.3, -0.25) is 10.1 Å². The van der Waals surface area contributed by atoms with Gasteiger partial charge in [0, 0.05) is 19.2 Å². The van der Waals surface area contributed by atoms with Gasteiger partial charge in [0.05, 0.1) is 25.7 Å². The van der Waals surface area contributed by atoms with Crippen molar-refractivity contribution in [2.75, 3.05) is 18.5 Å². The van der Waals surface area contributed by atoms with E-state index in [0.717, 1.165) is 34.7 Å². The molecule has 1 atom stereocenters. The number of fused-ring (bicyclic) bond motifs is 1. The number of aryl methyl sites for hydroxylation is 1. The Morgan fingerprint density at radius 3 is 3.05 bits per heavy atom. The van der Waals surface area contributed by atoms with E-state index in [4.69, 9.17) is 4.74 Å². The Hall–Kier alpha value is -1.73. The first-order chi connectivity index (χ1) is 9.97. The van der Waals surface area contributed by atoms with E-state index in [1.54, 1.807) is 12.1 Å². The molecule has 1 N–H and O–H groups in total. The number of thiazole rings is 1. The minimum absolute atomic E-state index is 0.0905. The van der Waals surface area contributed by atoms with Gasteiger partial charge in [-0.05, 0) is 32.8 Å². The van der Waals surface area contributed by atoms with Crippen LogP contribution in [-0.4, -0.2) is 28.7 Å². The van der Waals surface area contributed by atoms with E-state index in [0.29, 0.717) is 12.2 Å². The van der Waals surface area contributed by atoms with Crippen LogP contribution in [0.1, 0.15) is 24.8 Å². The Morgan fingerprint density at radius 2 is 2.38 bits per heavy atom. The fraction of sp³-hybridized carbons (Fsp3) is 0.500. The van der Waals surface area contributed by atoms with Crippen LogP contribution in [0, 0.1) is 17.0 Å². The summed E-state index contributed by atoms with van der Waals surface area (Å²) in [5, 5.41) is 15.3. The number of ether oxygens (including phenoxy) is 1. The number of nitrogens with zero attached hydrogens (tertiary/aromatic N) is 2. The number of nitro benzene ring substituents is 1. The number of benzene rings is 1. The molecule has 7 heteroatoms. The Kier molecular flexibility index (Phi) is 3.54. The van der Waals surface area contributed by atoms with E-state index in [-0.39, 0.29) is 16.2 Å². The number of anilines is 1. The second kappa shape index (κ2) is 5.23. The second-order valence-electron chi connectivity index (χ2n) is 5.58. The van der Waals surface area contributed by atoms with Crippen molar-refractivity contribution in [1.29, 1.82) is 0 Å². The predicted octanol–water partition coefficient (Wildman–Crippen LogP) is 3.49. The molecule has 1 aliphatic heterocycles. The summed E-state index contributed by atoms with van der Waals surface area (Å²) in [6, 6.07) is 3.36. The normalized spacial score (nSPS) is 21.8. The van der Waals surface area contributed by atoms with Crippen molar-refractivity contribution >= 4 is 32.9 Å². The van der Waals surface area contributed by atoms with Crippen molar-refractivity contribution in [3.05, 3.63) is 27.3 Å². The number of rotatable bonds is 4. The minimum Gasteiger partial charge on any atom is -0.377 e. The third-order valence-corrected chi connectivity index (χ3v) is 4.70. The Morgan fingerprint density at radius 1 is 1.57 bits per heavy atom. The third-order valence-electron chi connectivity index (χ3n) is 3.76. The van der Waals surface area contributed by atoms with Crippen LogP contribution in [0.25, 0.3) is 10.2 Å². The fourth-order valence-electron chi connectivity index (χ4n) is 2.63. The van der Waals surface area contributed by atoms with Crippen molar-refractivity contribution < 1.29 is 9.66 Å². The first-order valence-electron chi connectivity index (χ1n) is 6.90. The maximum absolute atomic E-state index is 11.3. The highest BCUT2D eigenvalue weighted by atomic mass is 32.1. The van der Waals surface area contributed by atoms with Gasteiger partial charge in [0.25, 0.3) is 5.69 Å². The average Bonchev–Trinajstić information content (AvgIpc) is 3.00. The molecule has 0 radical (unpaired) electrons. The SMILES string of the molecule is Cc1nc2cc(NCC3(C)CCCO3)c([N+](=O)[O-])cc2s1. The largest absolute Gasteiger partial charge is 0.377 e. The Balaban J connectivity index is 1.91. The molecule has 0 bridgehead atoms. The topological polar surface area (TPSA) is 77.3 Å². The summed E-state index contributed by atoms with van der Waals surface area (Å²) < 4.78 is 6.55. The van der Waals surface area contributed by atoms with E-state index < -0.39 is 0 Å². The summed E-state index contributed by atoms with van der Waals surface area (Å²) in [6.07, 6.45) is 2.00. The highest BCUT2D eigenvalue weighted by Gasteiger charge is 2.30. The van der Waals surface area contributed by atoms with Gasteiger partial charge >= 0.3 is 0 Å². The predicted molar refractivity (Wildman–Crippen MR) is 83.1 cm³/mol. The molecule has 1 aromatic heterocycles. The van der Waals surface area contributed by atoms with Crippen molar-refractivity contribution in [3.63, 3.8) is 0 Å². The van der Waals surface area contributed by atoms with E-state index >= 15 is 0 Å². The van der Waals surface area contributed by atoms with Gasteiger partial charge in [0.1, 0.15) is 5.69 Å². The molecule has 2 aromatic rings. The number of nitro groups is 1. The molecule has 0 spiro atoms.